The second-order valence-electron chi connectivity index (χ2n) is 11.8. The summed E-state index contributed by atoms with van der Waals surface area (Å²) in [4.78, 5) is 84.1. The Morgan fingerprint density at radius 1 is 0.917 bits per heavy atom. The van der Waals surface area contributed by atoms with Gasteiger partial charge in [-0.15, -0.1) is 0 Å². The normalized spacial score (nSPS) is 19.6. The van der Waals surface area contributed by atoms with Crippen molar-refractivity contribution in [3.63, 3.8) is 0 Å². The molecule has 48 heavy (non-hydrogen) atoms. The predicted molar refractivity (Wildman–Crippen MR) is 180 cm³/mol. The molecule has 8 N–H and O–H groups in total. The van der Waals surface area contributed by atoms with Gasteiger partial charge in [-0.05, 0) is 43.4 Å². The highest BCUT2D eigenvalue weighted by Crippen LogP contribution is 2.12. The highest BCUT2D eigenvalue weighted by Gasteiger charge is 2.32. The van der Waals surface area contributed by atoms with Gasteiger partial charge >= 0.3 is 5.97 Å². The molecule has 0 radical (unpaired) electrons. The largest absolute Gasteiger partial charge is 0.466 e. The van der Waals surface area contributed by atoms with E-state index < -0.39 is 66.6 Å². The Hall–Kier alpha value is -4.69. The Morgan fingerprint density at radius 2 is 1.62 bits per heavy atom. The number of fused-ring (bicyclic) bond motifs is 2. The quantitative estimate of drug-likeness (QED) is 0.0703. The predicted octanol–water partition coefficient (Wildman–Crippen LogP) is 0.600. The van der Waals surface area contributed by atoms with Crippen molar-refractivity contribution >= 4 is 41.5 Å². The fourth-order valence-corrected chi connectivity index (χ4v) is 5.14. The Balaban J connectivity index is 2.28. The van der Waals surface area contributed by atoms with Gasteiger partial charge in [0.15, 0.2) is 5.96 Å². The summed E-state index contributed by atoms with van der Waals surface area (Å²) in [5, 5.41) is 10.5. The highest BCUT2D eigenvalue weighted by atomic mass is 16.5. The smallest absolute Gasteiger partial charge is 0.308 e. The van der Waals surface area contributed by atoms with Gasteiger partial charge in [0.1, 0.15) is 18.1 Å². The lowest BCUT2D eigenvalue weighted by Crippen LogP contribution is -2.55. The van der Waals surface area contributed by atoms with E-state index in [9.17, 15) is 28.8 Å². The number of hydrogen-bond acceptors (Lipinski definition) is 8. The number of nitrogens with one attached hydrogen (secondary N) is 4. The molecule has 1 heterocycles. The Labute approximate surface area is 282 Å². The van der Waals surface area contributed by atoms with E-state index in [1.165, 1.54) is 11.9 Å². The van der Waals surface area contributed by atoms with Gasteiger partial charge in [-0.25, -0.2) is 0 Å². The molecule has 1 aromatic rings. The summed E-state index contributed by atoms with van der Waals surface area (Å²) in [6.45, 7) is 3.73. The first-order valence-electron chi connectivity index (χ1n) is 16.7. The summed E-state index contributed by atoms with van der Waals surface area (Å²) in [5.74, 6) is -3.78. The first-order valence-corrected chi connectivity index (χ1v) is 16.7. The summed E-state index contributed by atoms with van der Waals surface area (Å²) in [5.41, 5.74) is 11.7. The number of hydrogen-bond donors (Lipinski definition) is 6. The van der Waals surface area contributed by atoms with Crippen LogP contribution in [0.3, 0.4) is 0 Å². The van der Waals surface area contributed by atoms with E-state index in [2.05, 4.69) is 33.2 Å². The molecule has 0 aromatic heterocycles. The zero-order chi connectivity index (χ0) is 35.5. The second kappa shape index (κ2) is 21.2. The topological polar surface area (TPSA) is 227 Å². The molecule has 1 aromatic carbocycles. The number of nitrogens with zero attached hydrogens (tertiary/aromatic N) is 2. The van der Waals surface area contributed by atoms with Crippen LogP contribution in [-0.2, 0) is 35.3 Å². The van der Waals surface area contributed by atoms with Crippen molar-refractivity contribution in [3.05, 3.63) is 35.4 Å². The van der Waals surface area contributed by atoms with Crippen molar-refractivity contribution < 1.29 is 33.5 Å². The summed E-state index contributed by atoms with van der Waals surface area (Å²) in [6, 6.07) is 3.22. The lowest BCUT2D eigenvalue weighted by atomic mass is 10.1. The lowest BCUT2D eigenvalue weighted by Gasteiger charge is -2.30. The molecule has 0 fully saturated rings. The maximum Gasteiger partial charge on any atom is 0.308 e. The number of benzene rings is 1. The van der Waals surface area contributed by atoms with Gasteiger partial charge in [-0.1, -0.05) is 58.1 Å². The van der Waals surface area contributed by atoms with Crippen molar-refractivity contribution in [1.82, 2.24) is 26.2 Å². The van der Waals surface area contributed by atoms with Crippen molar-refractivity contribution in [2.75, 3.05) is 26.7 Å². The minimum atomic E-state index is -1.29. The van der Waals surface area contributed by atoms with Gasteiger partial charge in [0.05, 0.1) is 19.6 Å². The molecule has 0 aliphatic carbocycles. The lowest BCUT2D eigenvalue weighted by molar-refractivity contribution is -0.146. The number of esters is 1. The SMILES string of the molecule is CCCCCCCCOC(=O)C[C@@H]1NC(=O)CNC(=O)[C@H](CCCN=C(N)N)N(C)C(=O)[C@@H](CC)NC(=O)c2cccc(c2)CNC1=O. The van der Waals surface area contributed by atoms with Crippen LogP contribution in [0, 0.1) is 0 Å². The molecule has 3 atom stereocenters. The van der Waals surface area contributed by atoms with E-state index in [1.807, 2.05) is 0 Å². The first-order chi connectivity index (χ1) is 23.0. The minimum Gasteiger partial charge on any atom is -0.466 e. The zero-order valence-electron chi connectivity index (χ0n) is 28.3. The number of carbonyl (C=O) groups excluding carboxylic acids is 6. The molecule has 1 aliphatic rings. The number of amides is 5. The van der Waals surface area contributed by atoms with Crippen LogP contribution in [0.1, 0.15) is 94.0 Å². The number of likely N-dealkylation sites (N-methyl/N-ethyl adjacent to an activating group) is 1. The summed E-state index contributed by atoms with van der Waals surface area (Å²) in [6.07, 6.45) is 6.36. The molecule has 0 spiro atoms. The van der Waals surface area contributed by atoms with E-state index >= 15 is 0 Å². The van der Waals surface area contributed by atoms with Crippen LogP contribution in [0.5, 0.6) is 0 Å². The maximum absolute atomic E-state index is 13.5. The van der Waals surface area contributed by atoms with Crippen LogP contribution in [0.15, 0.2) is 29.3 Å². The summed E-state index contributed by atoms with van der Waals surface area (Å²) < 4.78 is 5.33. The third kappa shape index (κ3) is 14.0. The van der Waals surface area contributed by atoms with Gasteiger partial charge < -0.3 is 42.4 Å². The average Bonchev–Trinajstić information content (AvgIpc) is 3.06. The third-order valence-corrected chi connectivity index (χ3v) is 7.92. The van der Waals surface area contributed by atoms with Gasteiger partial charge in [0, 0.05) is 25.7 Å². The van der Waals surface area contributed by atoms with Gasteiger partial charge in [0.25, 0.3) is 5.91 Å². The third-order valence-electron chi connectivity index (χ3n) is 7.92. The van der Waals surface area contributed by atoms with Crippen LogP contribution in [0.2, 0.25) is 0 Å². The molecule has 0 saturated heterocycles. The molecule has 0 saturated carbocycles. The van der Waals surface area contributed by atoms with Crippen molar-refractivity contribution in [3.8, 4) is 0 Å². The van der Waals surface area contributed by atoms with E-state index in [1.54, 1.807) is 31.2 Å². The fourth-order valence-electron chi connectivity index (χ4n) is 5.14. The molecule has 0 unspecified atom stereocenters. The molecule has 15 heteroatoms. The highest BCUT2D eigenvalue weighted by molar-refractivity contribution is 5.99. The van der Waals surface area contributed by atoms with Crippen molar-refractivity contribution in [2.45, 2.75) is 103 Å². The van der Waals surface area contributed by atoms with Gasteiger partial charge in [-0.3, -0.25) is 33.8 Å². The number of aliphatic imine (C=N–C) groups is 1. The van der Waals surface area contributed by atoms with E-state index in [0.29, 0.717) is 18.4 Å². The van der Waals surface area contributed by atoms with E-state index in [4.69, 9.17) is 16.2 Å². The van der Waals surface area contributed by atoms with Gasteiger partial charge in [-0.2, -0.15) is 0 Å². The summed E-state index contributed by atoms with van der Waals surface area (Å²) in [7, 11) is 1.44. The monoisotopic (exact) mass is 672 g/mol. The number of guanidine groups is 1. The van der Waals surface area contributed by atoms with Crippen molar-refractivity contribution in [1.29, 1.82) is 0 Å². The number of ether oxygens (including phenoxy) is 1. The fraction of sp³-hybridized carbons (Fsp3) is 0.606. The van der Waals surface area contributed by atoms with Crippen LogP contribution in [-0.4, -0.2) is 91.2 Å². The minimum absolute atomic E-state index is 0.00370. The Kier molecular flexibility index (Phi) is 17.5. The van der Waals surface area contributed by atoms with Crippen molar-refractivity contribution in [2.24, 2.45) is 16.5 Å². The van der Waals surface area contributed by atoms with E-state index in [-0.39, 0.29) is 44.1 Å². The number of carbonyl (C=O) groups is 6. The molecule has 2 bridgehead atoms. The van der Waals surface area contributed by atoms with Gasteiger partial charge in [0.2, 0.25) is 23.6 Å². The maximum atomic E-state index is 13.5. The standard InChI is InChI=1S/C33H52N8O7/c1-4-6-7-8-9-10-17-48-28(43)19-25-30(45)37-20-22-13-11-14-23(18-22)29(44)40-24(5-2)32(47)41(3)26(15-12-16-36-33(34)35)31(46)38-21-27(42)39-25/h11,13-14,18,24-26H,4-10,12,15-17,19-21H2,1-3H3,(H,37,45)(H,38,46)(H,39,42)(H,40,44)(H4,34,35,36)/t24-,25+,26+/m1/s1. The molecule has 1 aliphatic heterocycles. The number of nitrogens with two attached hydrogens (primary N) is 2. The molecule has 266 valence electrons. The number of unbranched alkanes of at least 4 members (excludes halogenated alkanes) is 5. The number of rotatable bonds is 14. The Morgan fingerprint density at radius 3 is 2.33 bits per heavy atom. The van der Waals surface area contributed by atoms with Crippen LogP contribution < -0.4 is 32.7 Å². The molecule has 5 amide bonds. The van der Waals surface area contributed by atoms with Crippen LogP contribution in [0.25, 0.3) is 0 Å². The average molecular weight is 673 g/mol. The second-order valence-corrected chi connectivity index (χ2v) is 11.8. The van der Waals surface area contributed by atoms with Crippen LogP contribution in [0.4, 0.5) is 0 Å². The first kappa shape index (κ1) is 39.5. The molecular formula is C33H52N8O7. The summed E-state index contributed by atoms with van der Waals surface area (Å²) >= 11 is 0. The van der Waals surface area contributed by atoms with E-state index in [0.717, 1.165) is 32.1 Å². The zero-order valence-corrected chi connectivity index (χ0v) is 28.3. The Bertz CT molecular complexity index is 1280. The van der Waals surface area contributed by atoms with Crippen LogP contribution >= 0.6 is 0 Å². The molecular weight excluding hydrogens is 620 g/mol. The molecule has 2 rings (SSSR count). The molecule has 15 nitrogen and oxygen atoms in total.